The third-order valence-corrected chi connectivity index (χ3v) is 5.35. The van der Waals surface area contributed by atoms with E-state index in [0.29, 0.717) is 0 Å². The molecule has 0 spiro atoms. The Morgan fingerprint density at radius 1 is 0.821 bits per heavy atom. The largest absolute Gasteiger partial charge is 0.399 e. The second kappa shape index (κ2) is 8.87. The van der Waals surface area contributed by atoms with E-state index in [2.05, 4.69) is 41.3 Å². The lowest BCUT2D eigenvalue weighted by Crippen LogP contribution is -2.31. The minimum absolute atomic E-state index is 0.775. The summed E-state index contributed by atoms with van der Waals surface area (Å²) in [6, 6.07) is 20.8. The molecule has 4 heteroatoms. The van der Waals surface area contributed by atoms with Crippen molar-refractivity contribution in [3.63, 3.8) is 0 Å². The van der Waals surface area contributed by atoms with Gasteiger partial charge in [-0.2, -0.15) is 0 Å². The molecule has 4 nitrogen and oxygen atoms in total. The number of aromatic nitrogens is 2. The van der Waals surface area contributed by atoms with Crippen LogP contribution in [-0.2, 0) is 12.8 Å². The van der Waals surface area contributed by atoms with Crippen molar-refractivity contribution in [2.75, 3.05) is 23.7 Å². The summed E-state index contributed by atoms with van der Waals surface area (Å²) in [5.41, 5.74) is 11.2. The normalized spacial score (nSPS) is 14.2. The van der Waals surface area contributed by atoms with Gasteiger partial charge in [-0.05, 0) is 62.3 Å². The van der Waals surface area contributed by atoms with Gasteiger partial charge in [-0.1, -0.05) is 42.5 Å². The first kappa shape index (κ1) is 18.5. The number of hydrogen-bond acceptors (Lipinski definition) is 4. The summed E-state index contributed by atoms with van der Waals surface area (Å²) < 4.78 is 0. The fraction of sp³-hybridized carbons (Fsp3) is 0.333. The maximum absolute atomic E-state index is 5.86. The monoisotopic (exact) mass is 372 g/mol. The van der Waals surface area contributed by atoms with Gasteiger partial charge >= 0.3 is 0 Å². The van der Waals surface area contributed by atoms with Crippen LogP contribution in [0.3, 0.4) is 0 Å². The standard InChI is InChI=1S/C24H28N4/c25-21-14-12-20(13-15-21)23-18-22(11-7-10-19-8-3-1-4-9-19)26-24(27-23)28-16-5-2-6-17-28/h1,3-4,8-9,12-15,18H,2,5-7,10-11,16-17,25H2. The first-order valence-corrected chi connectivity index (χ1v) is 10.3. The van der Waals surface area contributed by atoms with Gasteiger partial charge in [0.2, 0.25) is 5.95 Å². The van der Waals surface area contributed by atoms with E-state index in [0.717, 1.165) is 60.9 Å². The number of nitrogens with two attached hydrogens (primary N) is 1. The predicted molar refractivity (Wildman–Crippen MR) is 116 cm³/mol. The highest BCUT2D eigenvalue weighted by atomic mass is 15.3. The van der Waals surface area contributed by atoms with Gasteiger partial charge in [-0.15, -0.1) is 0 Å². The Balaban J connectivity index is 1.56. The van der Waals surface area contributed by atoms with Crippen molar-refractivity contribution < 1.29 is 0 Å². The molecule has 0 unspecified atom stereocenters. The zero-order valence-electron chi connectivity index (χ0n) is 16.3. The molecule has 28 heavy (non-hydrogen) atoms. The second-order valence-electron chi connectivity index (χ2n) is 7.55. The van der Waals surface area contributed by atoms with E-state index in [-0.39, 0.29) is 0 Å². The van der Waals surface area contributed by atoms with Gasteiger partial charge in [0.25, 0.3) is 0 Å². The van der Waals surface area contributed by atoms with Crippen molar-refractivity contribution in [2.24, 2.45) is 0 Å². The van der Waals surface area contributed by atoms with Gasteiger partial charge < -0.3 is 10.6 Å². The number of nitrogen functional groups attached to an aromatic ring is 1. The summed E-state index contributed by atoms with van der Waals surface area (Å²) in [5.74, 6) is 0.878. The van der Waals surface area contributed by atoms with E-state index >= 15 is 0 Å². The van der Waals surface area contributed by atoms with Crippen molar-refractivity contribution in [1.82, 2.24) is 9.97 Å². The third kappa shape index (κ3) is 4.69. The summed E-state index contributed by atoms with van der Waals surface area (Å²) >= 11 is 0. The highest BCUT2D eigenvalue weighted by Crippen LogP contribution is 2.24. The smallest absolute Gasteiger partial charge is 0.226 e. The molecule has 0 bridgehead atoms. The Labute approximate surface area is 167 Å². The summed E-state index contributed by atoms with van der Waals surface area (Å²) in [6.07, 6.45) is 6.86. The number of benzene rings is 2. The lowest BCUT2D eigenvalue weighted by molar-refractivity contribution is 0.567. The van der Waals surface area contributed by atoms with Crippen LogP contribution < -0.4 is 10.6 Å². The molecular formula is C24H28N4. The van der Waals surface area contributed by atoms with Gasteiger partial charge in [0.05, 0.1) is 5.69 Å². The Morgan fingerprint density at radius 2 is 1.57 bits per heavy atom. The molecule has 1 saturated heterocycles. The Bertz CT molecular complexity index is 884. The third-order valence-electron chi connectivity index (χ3n) is 5.35. The van der Waals surface area contributed by atoms with E-state index in [1.807, 2.05) is 24.3 Å². The molecule has 1 aromatic heterocycles. The van der Waals surface area contributed by atoms with Crippen LogP contribution in [-0.4, -0.2) is 23.1 Å². The predicted octanol–water partition coefficient (Wildman–Crippen LogP) is 4.89. The van der Waals surface area contributed by atoms with E-state index in [4.69, 9.17) is 15.7 Å². The molecule has 1 aliphatic rings. The fourth-order valence-corrected chi connectivity index (χ4v) is 3.77. The van der Waals surface area contributed by atoms with Crippen LogP contribution in [0.4, 0.5) is 11.6 Å². The first-order valence-electron chi connectivity index (χ1n) is 10.3. The van der Waals surface area contributed by atoms with Gasteiger partial charge in [0, 0.05) is 30.0 Å². The minimum atomic E-state index is 0.775. The van der Waals surface area contributed by atoms with Crippen molar-refractivity contribution >= 4 is 11.6 Å². The van der Waals surface area contributed by atoms with Crippen LogP contribution in [0.5, 0.6) is 0 Å². The van der Waals surface area contributed by atoms with E-state index in [1.165, 1.54) is 24.8 Å². The summed E-state index contributed by atoms with van der Waals surface area (Å²) in [6.45, 7) is 2.10. The molecule has 3 aromatic rings. The van der Waals surface area contributed by atoms with E-state index in [9.17, 15) is 0 Å². The lowest BCUT2D eigenvalue weighted by atomic mass is 10.1. The molecule has 0 saturated carbocycles. The number of piperidine rings is 1. The molecule has 2 N–H and O–H groups in total. The highest BCUT2D eigenvalue weighted by Gasteiger charge is 2.16. The Morgan fingerprint density at radius 3 is 2.32 bits per heavy atom. The lowest BCUT2D eigenvalue weighted by Gasteiger charge is -2.27. The molecule has 2 heterocycles. The maximum atomic E-state index is 5.86. The first-order chi connectivity index (χ1) is 13.8. The van der Waals surface area contributed by atoms with Crippen molar-refractivity contribution in [3.05, 3.63) is 71.9 Å². The summed E-state index contributed by atoms with van der Waals surface area (Å²) in [5, 5.41) is 0. The number of rotatable bonds is 6. The van der Waals surface area contributed by atoms with Crippen LogP contribution in [0.2, 0.25) is 0 Å². The second-order valence-corrected chi connectivity index (χ2v) is 7.55. The van der Waals surface area contributed by atoms with Crippen molar-refractivity contribution in [3.8, 4) is 11.3 Å². The van der Waals surface area contributed by atoms with Crippen LogP contribution in [0.25, 0.3) is 11.3 Å². The zero-order chi connectivity index (χ0) is 19.2. The van der Waals surface area contributed by atoms with E-state index < -0.39 is 0 Å². The number of nitrogens with zero attached hydrogens (tertiary/aromatic N) is 3. The molecule has 0 aliphatic carbocycles. The molecule has 144 valence electrons. The van der Waals surface area contributed by atoms with Crippen LogP contribution in [0, 0.1) is 0 Å². The van der Waals surface area contributed by atoms with Crippen LogP contribution in [0.15, 0.2) is 60.7 Å². The van der Waals surface area contributed by atoms with Gasteiger partial charge in [-0.25, -0.2) is 9.97 Å². The molecule has 0 atom stereocenters. The molecule has 4 rings (SSSR count). The molecular weight excluding hydrogens is 344 g/mol. The minimum Gasteiger partial charge on any atom is -0.399 e. The average molecular weight is 373 g/mol. The maximum Gasteiger partial charge on any atom is 0.226 e. The van der Waals surface area contributed by atoms with Gasteiger partial charge in [0.1, 0.15) is 0 Å². The van der Waals surface area contributed by atoms with E-state index in [1.54, 1.807) is 0 Å². The van der Waals surface area contributed by atoms with Gasteiger partial charge in [-0.3, -0.25) is 0 Å². The number of hydrogen-bond donors (Lipinski definition) is 1. The zero-order valence-corrected chi connectivity index (χ0v) is 16.3. The average Bonchev–Trinajstić information content (AvgIpc) is 2.75. The Kier molecular flexibility index (Phi) is 5.86. The molecule has 0 amide bonds. The van der Waals surface area contributed by atoms with Gasteiger partial charge in [0.15, 0.2) is 0 Å². The molecule has 0 radical (unpaired) electrons. The summed E-state index contributed by atoms with van der Waals surface area (Å²) in [4.78, 5) is 12.2. The summed E-state index contributed by atoms with van der Waals surface area (Å²) in [7, 11) is 0. The van der Waals surface area contributed by atoms with Crippen LogP contribution in [0.1, 0.15) is 36.9 Å². The topological polar surface area (TPSA) is 55.0 Å². The molecule has 1 aliphatic heterocycles. The van der Waals surface area contributed by atoms with Crippen molar-refractivity contribution in [2.45, 2.75) is 38.5 Å². The molecule has 2 aromatic carbocycles. The van der Waals surface area contributed by atoms with Crippen molar-refractivity contribution in [1.29, 1.82) is 0 Å². The quantitative estimate of drug-likeness (QED) is 0.626. The number of anilines is 2. The molecule has 1 fully saturated rings. The Hall–Kier alpha value is -2.88. The SMILES string of the molecule is Nc1ccc(-c2cc(CCCc3ccccc3)nc(N3CCCCC3)n2)cc1. The van der Waals surface area contributed by atoms with Crippen LogP contribution >= 0.6 is 0 Å². The number of aryl methyl sites for hydroxylation is 2. The fourth-order valence-electron chi connectivity index (χ4n) is 3.77. The highest BCUT2D eigenvalue weighted by molar-refractivity contribution is 5.63.